The second kappa shape index (κ2) is 20.4. The molecule has 0 bridgehead atoms. The largest absolute Gasteiger partial charge is 0.507 e. The predicted molar refractivity (Wildman–Crippen MR) is 226 cm³/mol. The fraction of sp³-hybridized carbons (Fsp3) is 0.545. The third kappa shape index (κ3) is 10.9. The lowest BCUT2D eigenvalue weighted by Crippen LogP contribution is -2.69. The summed E-state index contributed by atoms with van der Waals surface area (Å²) in [5.74, 6) is -5.77. The van der Waals surface area contributed by atoms with E-state index in [0.717, 1.165) is 43.4 Å². The maximum Gasteiger partial charge on any atom is 0.364 e. The highest BCUT2D eigenvalue weighted by atomic mass is 16.7. The molecular formula is C44H57N9O11. The Bertz CT molecular complexity index is 2240. The molecule has 0 spiro atoms. The molecule has 3 fully saturated rings. The van der Waals surface area contributed by atoms with Crippen molar-refractivity contribution in [2.24, 2.45) is 0 Å². The van der Waals surface area contributed by atoms with Crippen LogP contribution in [0.15, 0.2) is 54.9 Å². The zero-order valence-corrected chi connectivity index (χ0v) is 35.9. The van der Waals surface area contributed by atoms with Crippen LogP contribution in [0.2, 0.25) is 0 Å². The van der Waals surface area contributed by atoms with Gasteiger partial charge < -0.3 is 51.0 Å². The van der Waals surface area contributed by atoms with Crippen LogP contribution in [0, 0.1) is 13.8 Å². The number of carboxylic acids is 1. The molecule has 3 amide bonds. The second-order valence-electron chi connectivity index (χ2n) is 17.2. The third-order valence-corrected chi connectivity index (χ3v) is 12.4. The Balaban J connectivity index is 1.07. The molecule has 7 rings (SSSR count). The Kier molecular flexibility index (Phi) is 14.7. The number of ether oxygens (including phenoxy) is 2. The third-order valence-electron chi connectivity index (χ3n) is 12.4. The van der Waals surface area contributed by atoms with Crippen LogP contribution < -0.4 is 16.0 Å². The molecule has 8 atom stereocenters. The average Bonchev–Trinajstić information content (AvgIpc) is 3.96. The van der Waals surface area contributed by atoms with Gasteiger partial charge in [-0.1, -0.05) is 72.9 Å². The molecule has 8 N–H and O–H groups in total. The number of phenols is 1. The summed E-state index contributed by atoms with van der Waals surface area (Å²) in [6.45, 7) is 2.17. The quantitative estimate of drug-likeness (QED) is 0.0794. The van der Waals surface area contributed by atoms with Gasteiger partial charge in [-0.25, -0.2) is 14.2 Å². The minimum Gasteiger partial charge on any atom is -0.507 e. The van der Waals surface area contributed by atoms with E-state index < -0.39 is 85.0 Å². The lowest BCUT2D eigenvalue weighted by atomic mass is 9.87. The first-order valence-electron chi connectivity index (χ1n) is 21.9. The van der Waals surface area contributed by atoms with Crippen LogP contribution in [0.3, 0.4) is 0 Å². The van der Waals surface area contributed by atoms with Crippen LogP contribution in [-0.4, -0.2) is 134 Å². The zero-order valence-electron chi connectivity index (χ0n) is 35.9. The number of aliphatic hydroxyl groups is 3. The molecule has 3 heterocycles. The molecule has 2 unspecified atom stereocenters. The summed E-state index contributed by atoms with van der Waals surface area (Å²) in [4.78, 5) is 53.3. The van der Waals surface area contributed by atoms with Gasteiger partial charge in [0.15, 0.2) is 0 Å². The smallest absolute Gasteiger partial charge is 0.364 e. The maximum atomic E-state index is 13.6. The number of carboxylic acid groups (broad SMARTS) is 1. The number of aliphatic carboxylic acids is 1. The molecule has 2 saturated carbocycles. The van der Waals surface area contributed by atoms with Crippen LogP contribution in [0.1, 0.15) is 97.3 Å². The fourth-order valence-electron chi connectivity index (χ4n) is 8.93. The molecular weight excluding hydrogens is 831 g/mol. The number of aliphatic hydroxyl groups excluding tert-OH is 3. The zero-order chi connectivity index (χ0) is 45.5. The second-order valence-corrected chi connectivity index (χ2v) is 17.2. The molecule has 2 aromatic heterocycles. The number of nitrogens with one attached hydrogen (secondary N) is 3. The van der Waals surface area contributed by atoms with Gasteiger partial charge >= 0.3 is 5.97 Å². The Morgan fingerprint density at radius 3 is 2.22 bits per heavy atom. The monoisotopic (exact) mass is 887 g/mol. The Hall–Kier alpha value is -5.80. The summed E-state index contributed by atoms with van der Waals surface area (Å²) >= 11 is 0. The summed E-state index contributed by atoms with van der Waals surface area (Å²) in [5.41, 5.74) is 3.23. The van der Waals surface area contributed by atoms with Gasteiger partial charge in [-0.05, 0) is 62.8 Å². The first-order chi connectivity index (χ1) is 30.7. The van der Waals surface area contributed by atoms with Crippen molar-refractivity contribution in [2.45, 2.75) is 145 Å². The molecule has 1 aliphatic heterocycles. The summed E-state index contributed by atoms with van der Waals surface area (Å²) in [5, 5.41) is 80.5. The number of hydrogen-bond donors (Lipinski definition) is 8. The number of carbonyl (C=O) groups is 4. The van der Waals surface area contributed by atoms with E-state index in [0.29, 0.717) is 42.5 Å². The molecule has 64 heavy (non-hydrogen) atoms. The van der Waals surface area contributed by atoms with Crippen LogP contribution in [0.25, 0.3) is 11.3 Å². The van der Waals surface area contributed by atoms with Crippen molar-refractivity contribution in [3.63, 3.8) is 0 Å². The standard InChI is InChI=1S/C44H57N9O11/c1-25-17-29(18-26(2)39(25)58)42(60)45-20-34(55)40(59)41-38(47-37(57)24-53-22-32(49-51-53)28-13-7-4-8-14-28)33(54)19-44(64-41,43(61)62)63-35-16-10-9-15-30(35)46-36(56)23-52-21-31(48-50-52)27-11-5-3-6-12-27/h3,5-6,11-12,17-18,21-22,28,30,33-35,38,40-41,54-55,58-59H,4,7-10,13-16,19-20,23-24H2,1-2H3,(H,45,60)(H,46,56)(H,47,57)(H,61,62)/t30?,33-,34+,35?,38+,40+,41+,44+/m0/s1. The number of nitrogens with zero attached hydrogens (tertiary/aromatic N) is 6. The first-order valence-corrected chi connectivity index (χ1v) is 21.9. The van der Waals surface area contributed by atoms with Crippen LogP contribution in [0.5, 0.6) is 5.75 Å². The van der Waals surface area contributed by atoms with Gasteiger partial charge in [0.1, 0.15) is 36.7 Å². The Morgan fingerprint density at radius 1 is 0.875 bits per heavy atom. The number of aromatic nitrogens is 6. The molecule has 4 aromatic rings. The molecule has 3 aliphatic rings. The first kappa shape index (κ1) is 46.2. The van der Waals surface area contributed by atoms with Crippen LogP contribution in [0.4, 0.5) is 0 Å². The van der Waals surface area contributed by atoms with E-state index in [1.165, 1.54) is 21.5 Å². The Morgan fingerprint density at radius 2 is 1.52 bits per heavy atom. The number of benzene rings is 2. The van der Waals surface area contributed by atoms with Gasteiger partial charge in [0, 0.05) is 36.2 Å². The van der Waals surface area contributed by atoms with Crippen LogP contribution >= 0.6 is 0 Å². The minimum absolute atomic E-state index is 0.0251. The molecule has 0 radical (unpaired) electrons. The minimum atomic E-state index is -2.63. The van der Waals surface area contributed by atoms with Gasteiger partial charge in [0.25, 0.3) is 11.7 Å². The van der Waals surface area contributed by atoms with Gasteiger partial charge in [0.2, 0.25) is 11.8 Å². The van der Waals surface area contributed by atoms with E-state index in [2.05, 4.69) is 36.6 Å². The van der Waals surface area contributed by atoms with E-state index in [-0.39, 0.29) is 30.3 Å². The molecule has 2 aromatic carbocycles. The maximum absolute atomic E-state index is 13.6. The molecule has 20 heteroatoms. The number of amides is 3. The summed E-state index contributed by atoms with van der Waals surface area (Å²) in [7, 11) is 0. The highest BCUT2D eigenvalue weighted by molar-refractivity contribution is 5.95. The van der Waals surface area contributed by atoms with E-state index in [1.807, 2.05) is 30.3 Å². The number of carbonyl (C=O) groups excluding carboxylic acids is 3. The van der Waals surface area contributed by atoms with E-state index in [9.17, 15) is 44.7 Å². The van der Waals surface area contributed by atoms with E-state index in [4.69, 9.17) is 9.47 Å². The predicted octanol–water partition coefficient (Wildman–Crippen LogP) is 1.62. The van der Waals surface area contributed by atoms with Crippen molar-refractivity contribution in [2.75, 3.05) is 6.54 Å². The number of aryl methyl sites for hydroxylation is 2. The lowest BCUT2D eigenvalue weighted by Gasteiger charge is -2.48. The fourth-order valence-corrected chi connectivity index (χ4v) is 8.93. The lowest BCUT2D eigenvalue weighted by molar-refractivity contribution is -0.325. The van der Waals surface area contributed by atoms with Crippen molar-refractivity contribution in [1.29, 1.82) is 0 Å². The number of hydrogen-bond acceptors (Lipinski definition) is 14. The summed E-state index contributed by atoms with van der Waals surface area (Å²) < 4.78 is 15.2. The van der Waals surface area contributed by atoms with Gasteiger partial charge in [-0.3, -0.25) is 14.4 Å². The highest BCUT2D eigenvalue weighted by Crippen LogP contribution is 2.37. The van der Waals surface area contributed by atoms with E-state index >= 15 is 0 Å². The Labute approximate surface area is 369 Å². The SMILES string of the molecule is Cc1cc(C(=O)NC[C@@H](O)[C@@H](O)[C@@H]2O[C@@](OC3CCCCC3NC(=O)Cn3cc(-c4ccccc4)nn3)(C(=O)O)C[C@H](O)[C@H]2NC(=O)Cn2cc(C3CCCCC3)nn2)cc(C)c1O. The summed E-state index contributed by atoms with van der Waals surface area (Å²) in [6.07, 6.45) is 1.59. The topological polar surface area (TPSA) is 285 Å². The average molecular weight is 888 g/mol. The number of aromatic hydroxyl groups is 1. The molecule has 1 saturated heterocycles. The molecule has 2 aliphatic carbocycles. The van der Waals surface area contributed by atoms with Gasteiger partial charge in [0.05, 0.1) is 42.3 Å². The van der Waals surface area contributed by atoms with E-state index in [1.54, 1.807) is 26.2 Å². The molecule has 20 nitrogen and oxygen atoms in total. The number of rotatable bonds is 16. The van der Waals surface area contributed by atoms with Crippen molar-refractivity contribution in [3.05, 3.63) is 77.2 Å². The van der Waals surface area contributed by atoms with Crippen molar-refractivity contribution >= 4 is 23.7 Å². The van der Waals surface area contributed by atoms with Crippen molar-refractivity contribution in [3.8, 4) is 17.0 Å². The number of phenolic OH excluding ortho intramolecular Hbond substituents is 1. The molecule has 344 valence electrons. The van der Waals surface area contributed by atoms with Gasteiger partial charge in [-0.2, -0.15) is 0 Å². The van der Waals surface area contributed by atoms with Crippen LogP contribution in [-0.2, 0) is 36.9 Å². The van der Waals surface area contributed by atoms with Gasteiger partial charge in [-0.15, -0.1) is 10.2 Å². The summed E-state index contributed by atoms with van der Waals surface area (Å²) in [6, 6.07) is 10.1. The highest BCUT2D eigenvalue weighted by Gasteiger charge is 2.57. The normalized spacial score (nSPS) is 24.9. The van der Waals surface area contributed by atoms with Crippen molar-refractivity contribution < 1.29 is 54.2 Å². The van der Waals surface area contributed by atoms with Crippen molar-refractivity contribution in [1.82, 2.24) is 45.9 Å².